The predicted molar refractivity (Wildman–Crippen MR) is 121 cm³/mol. The highest BCUT2D eigenvalue weighted by atomic mass is 79.9. The Balaban J connectivity index is 1.74. The van der Waals surface area contributed by atoms with Gasteiger partial charge in [0.25, 0.3) is 11.6 Å². The third kappa shape index (κ3) is 5.61. The van der Waals surface area contributed by atoms with E-state index in [1.54, 1.807) is 24.3 Å². The molecule has 0 radical (unpaired) electrons. The molecule has 2 N–H and O–H groups in total. The summed E-state index contributed by atoms with van der Waals surface area (Å²) in [6, 6.07) is 16.5. The van der Waals surface area contributed by atoms with E-state index in [2.05, 4.69) is 26.5 Å². The minimum absolute atomic E-state index is 0.00976. The number of amides is 1. The van der Waals surface area contributed by atoms with Crippen LogP contribution in [0.15, 0.2) is 70.2 Å². The number of nitro benzene ring substituents is 1. The lowest BCUT2D eigenvalue weighted by Gasteiger charge is -2.11. The number of carbonyl (C=O) groups is 1. The van der Waals surface area contributed by atoms with Crippen LogP contribution in [0.1, 0.15) is 21.5 Å². The number of nitro groups is 1. The molecule has 0 spiro atoms. The fourth-order valence-electron chi connectivity index (χ4n) is 2.76. The van der Waals surface area contributed by atoms with Gasteiger partial charge in [-0.25, -0.2) is 5.43 Å². The minimum Gasteiger partial charge on any atom is -0.504 e. The van der Waals surface area contributed by atoms with Crippen molar-refractivity contribution < 1.29 is 24.3 Å². The van der Waals surface area contributed by atoms with Gasteiger partial charge < -0.3 is 14.6 Å². The molecule has 9 nitrogen and oxygen atoms in total. The van der Waals surface area contributed by atoms with Crippen LogP contribution in [0.2, 0.25) is 0 Å². The Labute approximate surface area is 191 Å². The van der Waals surface area contributed by atoms with Crippen LogP contribution >= 0.6 is 15.9 Å². The van der Waals surface area contributed by atoms with Crippen molar-refractivity contribution in [2.75, 3.05) is 7.11 Å². The van der Waals surface area contributed by atoms with Crippen LogP contribution < -0.4 is 14.9 Å². The summed E-state index contributed by atoms with van der Waals surface area (Å²) < 4.78 is 11.6. The number of nitrogens with zero attached hydrogens (tertiary/aromatic N) is 2. The number of benzene rings is 3. The fourth-order valence-corrected chi connectivity index (χ4v) is 3.21. The number of aromatic hydroxyl groups is 1. The lowest BCUT2D eigenvalue weighted by Crippen LogP contribution is -2.18. The van der Waals surface area contributed by atoms with Gasteiger partial charge in [-0.05, 0) is 29.8 Å². The van der Waals surface area contributed by atoms with Gasteiger partial charge in [0.2, 0.25) is 0 Å². The molecule has 0 unspecified atom stereocenters. The fraction of sp³-hybridized carbons (Fsp3) is 0.0909. The maximum absolute atomic E-state index is 12.6. The Bertz CT molecular complexity index is 1180. The molecule has 10 heteroatoms. The Morgan fingerprint density at radius 1 is 1.19 bits per heavy atom. The zero-order valence-electron chi connectivity index (χ0n) is 16.8. The molecule has 0 saturated carbocycles. The van der Waals surface area contributed by atoms with Crippen LogP contribution in [0.4, 0.5) is 5.69 Å². The molecule has 164 valence electrons. The molecule has 0 bridgehead atoms. The van der Waals surface area contributed by atoms with E-state index in [0.29, 0.717) is 5.75 Å². The number of nitrogens with one attached hydrogen (secondary N) is 1. The van der Waals surface area contributed by atoms with E-state index in [4.69, 9.17) is 9.47 Å². The van der Waals surface area contributed by atoms with Crippen molar-refractivity contribution in [3.05, 3.63) is 91.9 Å². The molecule has 3 aromatic carbocycles. The maximum atomic E-state index is 12.6. The number of hydrogen-bond donors (Lipinski definition) is 2. The summed E-state index contributed by atoms with van der Waals surface area (Å²) in [5, 5.41) is 25.0. The van der Waals surface area contributed by atoms with Gasteiger partial charge in [-0.1, -0.05) is 40.2 Å². The number of non-ortho nitro benzene ring substituents is 1. The van der Waals surface area contributed by atoms with Crippen molar-refractivity contribution in [2.45, 2.75) is 6.61 Å². The molecule has 0 aromatic heterocycles. The van der Waals surface area contributed by atoms with Gasteiger partial charge in [0.05, 0.1) is 29.9 Å². The number of methoxy groups -OCH3 is 1. The zero-order valence-corrected chi connectivity index (χ0v) is 18.4. The van der Waals surface area contributed by atoms with E-state index in [-0.39, 0.29) is 34.9 Å². The summed E-state index contributed by atoms with van der Waals surface area (Å²) >= 11 is 3.40. The third-order valence-corrected chi connectivity index (χ3v) is 4.80. The maximum Gasteiger partial charge on any atom is 0.275 e. The second-order valence-corrected chi connectivity index (χ2v) is 7.37. The highest BCUT2D eigenvalue weighted by Crippen LogP contribution is 2.33. The number of phenolic OH excluding ortho intramolecular Hbond substituents is 1. The van der Waals surface area contributed by atoms with Crippen molar-refractivity contribution in [1.29, 1.82) is 0 Å². The average Bonchev–Trinajstić information content (AvgIpc) is 2.78. The van der Waals surface area contributed by atoms with E-state index >= 15 is 0 Å². The van der Waals surface area contributed by atoms with Crippen LogP contribution in [0, 0.1) is 10.1 Å². The normalized spacial score (nSPS) is 10.7. The Kier molecular flexibility index (Phi) is 7.40. The Morgan fingerprint density at radius 3 is 2.69 bits per heavy atom. The molecular weight excluding hydrogens is 482 g/mol. The molecule has 32 heavy (non-hydrogen) atoms. The quantitative estimate of drug-likeness (QED) is 0.268. The summed E-state index contributed by atoms with van der Waals surface area (Å²) in [7, 11) is 1.27. The number of halogens is 1. The summed E-state index contributed by atoms with van der Waals surface area (Å²) in [6.07, 6.45) is 1.09. The lowest BCUT2D eigenvalue weighted by molar-refractivity contribution is -0.385. The highest BCUT2D eigenvalue weighted by molar-refractivity contribution is 9.10. The summed E-state index contributed by atoms with van der Waals surface area (Å²) in [5.41, 5.74) is 3.22. The van der Waals surface area contributed by atoms with Crippen LogP contribution in [-0.4, -0.2) is 29.3 Å². The van der Waals surface area contributed by atoms with Gasteiger partial charge in [-0.2, -0.15) is 5.10 Å². The first-order valence-electron chi connectivity index (χ1n) is 9.24. The molecule has 0 atom stereocenters. The SMILES string of the molecule is COc1cc([N+](=O)[O-])cc(C=NNC(=O)c2ccccc2OCc2cccc(Br)c2)c1O. The second kappa shape index (κ2) is 10.4. The van der Waals surface area contributed by atoms with E-state index in [1.165, 1.54) is 7.11 Å². The molecule has 0 aliphatic carbocycles. The van der Waals surface area contributed by atoms with E-state index in [9.17, 15) is 20.0 Å². The molecule has 1 amide bonds. The van der Waals surface area contributed by atoms with Gasteiger partial charge in [0.15, 0.2) is 11.5 Å². The molecule has 0 fully saturated rings. The second-order valence-electron chi connectivity index (χ2n) is 6.46. The largest absolute Gasteiger partial charge is 0.504 e. The number of phenols is 1. The molecular formula is C22H18BrN3O6. The topological polar surface area (TPSA) is 123 Å². The molecule has 0 saturated heterocycles. The lowest BCUT2D eigenvalue weighted by atomic mass is 10.1. The summed E-state index contributed by atoms with van der Waals surface area (Å²) in [6.45, 7) is 0.258. The molecule has 3 rings (SSSR count). The highest BCUT2D eigenvalue weighted by Gasteiger charge is 2.16. The van der Waals surface area contributed by atoms with Crippen LogP contribution in [0.3, 0.4) is 0 Å². The van der Waals surface area contributed by atoms with Gasteiger partial charge >= 0.3 is 0 Å². The standard InChI is InChI=1S/C22H18BrN3O6/c1-31-20-11-17(26(29)30)10-15(21(20)27)12-24-25-22(28)18-7-2-3-8-19(18)32-13-14-5-4-6-16(23)9-14/h2-12,27H,13H2,1H3,(H,25,28). The number of para-hydroxylation sites is 1. The van der Waals surface area contributed by atoms with Gasteiger partial charge in [-0.3, -0.25) is 14.9 Å². The first-order chi connectivity index (χ1) is 15.4. The van der Waals surface area contributed by atoms with E-state index < -0.39 is 10.8 Å². The average molecular weight is 500 g/mol. The third-order valence-electron chi connectivity index (χ3n) is 4.30. The van der Waals surface area contributed by atoms with Crippen LogP contribution in [0.25, 0.3) is 0 Å². The van der Waals surface area contributed by atoms with Crippen molar-refractivity contribution in [3.63, 3.8) is 0 Å². The minimum atomic E-state index is -0.628. The first-order valence-corrected chi connectivity index (χ1v) is 10.0. The van der Waals surface area contributed by atoms with Crippen molar-refractivity contribution in [2.24, 2.45) is 5.10 Å². The van der Waals surface area contributed by atoms with Crippen LogP contribution in [0.5, 0.6) is 17.2 Å². The first kappa shape index (κ1) is 22.8. The molecule has 3 aromatic rings. The van der Waals surface area contributed by atoms with Crippen molar-refractivity contribution in [1.82, 2.24) is 5.43 Å². The smallest absolute Gasteiger partial charge is 0.275 e. The number of carbonyl (C=O) groups excluding carboxylic acids is 1. The van der Waals surface area contributed by atoms with Gasteiger partial charge in [0, 0.05) is 16.1 Å². The number of rotatable bonds is 8. The Hall–Kier alpha value is -3.92. The number of hydrogen-bond acceptors (Lipinski definition) is 7. The van der Waals surface area contributed by atoms with Crippen molar-refractivity contribution >= 4 is 33.7 Å². The van der Waals surface area contributed by atoms with Gasteiger partial charge in [-0.15, -0.1) is 0 Å². The number of ether oxygens (including phenoxy) is 2. The van der Waals surface area contributed by atoms with E-state index in [0.717, 1.165) is 28.4 Å². The predicted octanol–water partition coefficient (Wildman–Crippen LogP) is 4.41. The summed E-state index contributed by atoms with van der Waals surface area (Å²) in [4.78, 5) is 23.0. The molecule has 0 heterocycles. The molecule has 0 aliphatic rings. The number of hydrazone groups is 1. The summed E-state index contributed by atoms with van der Waals surface area (Å²) in [5.74, 6) is -0.616. The Morgan fingerprint density at radius 2 is 1.97 bits per heavy atom. The van der Waals surface area contributed by atoms with Gasteiger partial charge in [0.1, 0.15) is 12.4 Å². The van der Waals surface area contributed by atoms with E-state index in [1.807, 2.05) is 24.3 Å². The monoisotopic (exact) mass is 499 g/mol. The van der Waals surface area contributed by atoms with Crippen molar-refractivity contribution in [3.8, 4) is 17.2 Å². The van der Waals surface area contributed by atoms with Crippen LogP contribution in [-0.2, 0) is 6.61 Å². The zero-order chi connectivity index (χ0) is 23.1. The molecule has 0 aliphatic heterocycles.